The number of hydrogen-bond acceptors (Lipinski definition) is 5. The fraction of sp³-hybridized carbons (Fsp3) is 1.00. The smallest absolute Gasteiger partial charge is 0.390 e. The van der Waals surface area contributed by atoms with E-state index in [0.29, 0.717) is 5.92 Å². The standard InChI is InChI=1S/C16H34O5Si/c1-12(2)20-16-11-14(7-8-15(16)17)9-10-22(18-5,19-6)21-13(3)4/h12-17H,7-11H2,1-6H3. The third-order valence-corrected chi connectivity index (χ3v) is 7.18. The van der Waals surface area contributed by atoms with Crippen LogP contribution in [-0.2, 0) is 18.0 Å². The van der Waals surface area contributed by atoms with Crippen LogP contribution in [0.2, 0.25) is 6.04 Å². The summed E-state index contributed by atoms with van der Waals surface area (Å²) in [4.78, 5) is 0. The lowest BCUT2D eigenvalue weighted by Gasteiger charge is -2.36. The maximum atomic E-state index is 10.1. The average Bonchev–Trinajstić information content (AvgIpc) is 2.45. The van der Waals surface area contributed by atoms with Gasteiger partial charge in [0.25, 0.3) is 0 Å². The van der Waals surface area contributed by atoms with Gasteiger partial charge in [0.15, 0.2) is 0 Å². The fourth-order valence-corrected chi connectivity index (χ4v) is 5.50. The van der Waals surface area contributed by atoms with Crippen LogP contribution in [0.25, 0.3) is 0 Å². The Morgan fingerprint density at radius 1 is 1.05 bits per heavy atom. The first-order valence-corrected chi connectivity index (χ1v) is 10.4. The summed E-state index contributed by atoms with van der Waals surface area (Å²) >= 11 is 0. The van der Waals surface area contributed by atoms with Gasteiger partial charge in [-0.2, -0.15) is 0 Å². The molecule has 3 atom stereocenters. The molecule has 0 aromatic carbocycles. The van der Waals surface area contributed by atoms with E-state index < -0.39 is 8.80 Å². The first kappa shape index (κ1) is 20.1. The molecule has 0 bridgehead atoms. The summed E-state index contributed by atoms with van der Waals surface area (Å²) in [6, 6.07) is 0.813. The largest absolute Gasteiger partial charge is 0.500 e. The Kier molecular flexibility index (Phi) is 8.52. The zero-order chi connectivity index (χ0) is 16.8. The van der Waals surface area contributed by atoms with Gasteiger partial charge in [0.05, 0.1) is 18.3 Å². The zero-order valence-corrected chi connectivity index (χ0v) is 16.0. The van der Waals surface area contributed by atoms with E-state index in [-0.39, 0.29) is 24.4 Å². The van der Waals surface area contributed by atoms with Crippen LogP contribution < -0.4 is 0 Å². The van der Waals surface area contributed by atoms with E-state index >= 15 is 0 Å². The molecule has 0 amide bonds. The van der Waals surface area contributed by atoms with Crippen LogP contribution in [0.1, 0.15) is 53.4 Å². The van der Waals surface area contributed by atoms with Crippen LogP contribution in [0, 0.1) is 5.92 Å². The van der Waals surface area contributed by atoms with Crippen molar-refractivity contribution in [2.45, 2.75) is 83.8 Å². The van der Waals surface area contributed by atoms with E-state index in [1.165, 1.54) is 0 Å². The Labute approximate surface area is 136 Å². The first-order valence-electron chi connectivity index (χ1n) is 8.43. The molecule has 0 heterocycles. The maximum Gasteiger partial charge on any atom is 0.500 e. The average molecular weight is 335 g/mol. The van der Waals surface area contributed by atoms with Crippen LogP contribution in [0.5, 0.6) is 0 Å². The van der Waals surface area contributed by atoms with Gasteiger partial charge in [-0.3, -0.25) is 0 Å². The highest BCUT2D eigenvalue weighted by molar-refractivity contribution is 6.60. The normalized spacial score (nSPS) is 26.9. The molecular weight excluding hydrogens is 300 g/mol. The van der Waals surface area contributed by atoms with Crippen molar-refractivity contribution in [1.29, 1.82) is 0 Å². The molecule has 1 rings (SSSR count). The second kappa shape index (κ2) is 9.35. The highest BCUT2D eigenvalue weighted by atomic mass is 28.4. The Hall–Kier alpha value is 0.0169. The zero-order valence-electron chi connectivity index (χ0n) is 15.0. The van der Waals surface area contributed by atoms with Crippen LogP contribution in [0.15, 0.2) is 0 Å². The summed E-state index contributed by atoms with van der Waals surface area (Å²) in [5.41, 5.74) is 0. The Morgan fingerprint density at radius 3 is 2.18 bits per heavy atom. The lowest BCUT2D eigenvalue weighted by Crippen LogP contribution is -2.46. The minimum Gasteiger partial charge on any atom is -0.390 e. The molecule has 1 saturated carbocycles. The predicted molar refractivity (Wildman–Crippen MR) is 88.8 cm³/mol. The lowest BCUT2D eigenvalue weighted by atomic mass is 9.83. The molecule has 0 saturated heterocycles. The molecule has 1 N–H and O–H groups in total. The third-order valence-electron chi connectivity index (χ3n) is 4.21. The molecule has 1 aliphatic carbocycles. The van der Waals surface area contributed by atoms with Gasteiger partial charge in [-0.1, -0.05) is 0 Å². The van der Waals surface area contributed by atoms with Crippen LogP contribution in [0.3, 0.4) is 0 Å². The van der Waals surface area contributed by atoms with Gasteiger partial charge < -0.3 is 23.1 Å². The second-order valence-electron chi connectivity index (χ2n) is 6.77. The molecule has 5 nitrogen and oxygen atoms in total. The number of aliphatic hydroxyl groups excluding tert-OH is 1. The summed E-state index contributed by atoms with van der Waals surface area (Å²) < 4.78 is 23.0. The molecule has 6 heteroatoms. The fourth-order valence-electron chi connectivity index (χ4n) is 3.14. The SMILES string of the molecule is CO[Si](CCC1CCC(O)C(OC(C)C)C1)(OC)OC(C)C. The number of aliphatic hydroxyl groups is 1. The Balaban J connectivity index is 2.54. The van der Waals surface area contributed by atoms with Gasteiger partial charge in [0, 0.05) is 26.4 Å². The number of rotatable bonds is 9. The van der Waals surface area contributed by atoms with E-state index in [1.54, 1.807) is 14.2 Å². The first-order chi connectivity index (χ1) is 10.3. The van der Waals surface area contributed by atoms with E-state index in [2.05, 4.69) is 0 Å². The van der Waals surface area contributed by atoms with Crippen molar-refractivity contribution in [1.82, 2.24) is 0 Å². The van der Waals surface area contributed by atoms with Crippen molar-refractivity contribution in [2.24, 2.45) is 5.92 Å². The molecule has 0 spiro atoms. The van der Waals surface area contributed by atoms with Crippen molar-refractivity contribution in [3.63, 3.8) is 0 Å². The summed E-state index contributed by atoms with van der Waals surface area (Å²) in [5, 5.41) is 10.1. The summed E-state index contributed by atoms with van der Waals surface area (Å²) in [6.45, 7) is 8.04. The van der Waals surface area contributed by atoms with Gasteiger partial charge in [-0.15, -0.1) is 0 Å². The second-order valence-corrected chi connectivity index (χ2v) is 9.68. The molecule has 22 heavy (non-hydrogen) atoms. The summed E-state index contributed by atoms with van der Waals surface area (Å²) in [5.74, 6) is 0.528. The van der Waals surface area contributed by atoms with E-state index in [9.17, 15) is 5.11 Å². The molecular formula is C16H34O5Si. The molecule has 0 radical (unpaired) electrons. The third kappa shape index (κ3) is 6.26. The Bertz CT molecular complexity index is 307. The minimum absolute atomic E-state index is 0.0501. The highest BCUT2D eigenvalue weighted by Crippen LogP contribution is 2.33. The Morgan fingerprint density at radius 2 is 1.68 bits per heavy atom. The summed E-state index contributed by atoms with van der Waals surface area (Å²) in [6.07, 6.45) is 3.58. The van der Waals surface area contributed by atoms with Gasteiger partial charge in [0.1, 0.15) is 0 Å². The monoisotopic (exact) mass is 334 g/mol. The molecule has 0 aliphatic heterocycles. The quantitative estimate of drug-likeness (QED) is 0.657. The topological polar surface area (TPSA) is 57.2 Å². The van der Waals surface area contributed by atoms with Gasteiger partial charge in [0.2, 0.25) is 0 Å². The predicted octanol–water partition coefficient (Wildman–Crippen LogP) is 2.99. The van der Waals surface area contributed by atoms with E-state index in [1.807, 2.05) is 27.7 Å². The van der Waals surface area contributed by atoms with Gasteiger partial charge in [-0.05, 0) is 59.3 Å². The van der Waals surface area contributed by atoms with Crippen LogP contribution in [-0.4, -0.2) is 52.5 Å². The van der Waals surface area contributed by atoms with E-state index in [4.69, 9.17) is 18.0 Å². The van der Waals surface area contributed by atoms with Crippen molar-refractivity contribution >= 4 is 8.80 Å². The van der Waals surface area contributed by atoms with E-state index in [0.717, 1.165) is 31.7 Å². The van der Waals surface area contributed by atoms with Crippen molar-refractivity contribution in [3.05, 3.63) is 0 Å². The maximum absolute atomic E-state index is 10.1. The highest BCUT2D eigenvalue weighted by Gasteiger charge is 2.41. The number of ether oxygens (including phenoxy) is 1. The summed E-state index contributed by atoms with van der Waals surface area (Å²) in [7, 11) is 0.783. The lowest BCUT2D eigenvalue weighted by molar-refractivity contribution is -0.0945. The van der Waals surface area contributed by atoms with Crippen LogP contribution in [0.4, 0.5) is 0 Å². The minimum atomic E-state index is -2.56. The number of hydrogen-bond donors (Lipinski definition) is 1. The molecule has 132 valence electrons. The van der Waals surface area contributed by atoms with Gasteiger partial charge >= 0.3 is 8.80 Å². The molecule has 3 unspecified atom stereocenters. The van der Waals surface area contributed by atoms with Crippen molar-refractivity contribution in [2.75, 3.05) is 14.2 Å². The molecule has 1 fully saturated rings. The van der Waals surface area contributed by atoms with Crippen molar-refractivity contribution < 1.29 is 23.1 Å². The van der Waals surface area contributed by atoms with Gasteiger partial charge in [-0.25, -0.2) is 0 Å². The molecule has 0 aromatic rings. The molecule has 1 aliphatic rings. The molecule has 0 aromatic heterocycles. The van der Waals surface area contributed by atoms with Crippen molar-refractivity contribution in [3.8, 4) is 0 Å². The van der Waals surface area contributed by atoms with Crippen LogP contribution >= 0.6 is 0 Å².